The number of phenolic OH excluding ortho intramolecular Hbond substituents is 1. The van der Waals surface area contributed by atoms with Gasteiger partial charge in [0.15, 0.2) is 0 Å². The smallest absolute Gasteiger partial charge is 0.390 e. The Hall–Kier alpha value is -1.39. The van der Waals surface area contributed by atoms with Gasteiger partial charge in [-0.15, -0.1) is 0 Å². The van der Waals surface area contributed by atoms with E-state index in [1.807, 2.05) is 0 Å². The molecule has 0 unspecified atom stereocenters. The molecule has 5 heteroatoms. The predicted molar refractivity (Wildman–Crippen MR) is 52.0 cm³/mol. The van der Waals surface area contributed by atoms with E-state index in [0.29, 0.717) is 5.69 Å². The van der Waals surface area contributed by atoms with E-state index in [1.54, 1.807) is 13.0 Å². The van der Waals surface area contributed by atoms with Crippen LogP contribution >= 0.6 is 0 Å². The van der Waals surface area contributed by atoms with Gasteiger partial charge in [0.05, 0.1) is 6.42 Å². The van der Waals surface area contributed by atoms with Crippen molar-refractivity contribution in [3.05, 3.63) is 23.8 Å². The molecule has 0 aliphatic rings. The highest BCUT2D eigenvalue weighted by molar-refractivity contribution is 5.54. The van der Waals surface area contributed by atoms with Gasteiger partial charge in [-0.25, -0.2) is 0 Å². The molecule has 0 spiro atoms. The highest BCUT2D eigenvalue weighted by Crippen LogP contribution is 2.23. The van der Waals surface area contributed by atoms with Crippen LogP contribution in [0.1, 0.15) is 12.0 Å². The Morgan fingerprint density at radius 2 is 2.00 bits per heavy atom. The minimum absolute atomic E-state index is 0.0371. The second-order valence-electron chi connectivity index (χ2n) is 3.29. The van der Waals surface area contributed by atoms with E-state index in [0.717, 1.165) is 5.56 Å². The van der Waals surface area contributed by atoms with Crippen LogP contribution in [0.5, 0.6) is 5.75 Å². The van der Waals surface area contributed by atoms with Gasteiger partial charge in [0.25, 0.3) is 0 Å². The molecule has 0 saturated heterocycles. The molecular weight excluding hydrogens is 207 g/mol. The van der Waals surface area contributed by atoms with Crippen molar-refractivity contribution in [1.29, 1.82) is 0 Å². The summed E-state index contributed by atoms with van der Waals surface area (Å²) in [6.07, 6.45) is -5.04. The maximum Gasteiger partial charge on any atom is 0.390 e. The molecule has 1 aromatic rings. The normalized spacial score (nSPS) is 11.5. The largest absolute Gasteiger partial charge is 0.508 e. The first kappa shape index (κ1) is 11.7. The fourth-order valence-electron chi connectivity index (χ4n) is 1.14. The molecule has 0 amide bonds. The number of anilines is 1. The van der Waals surface area contributed by atoms with Gasteiger partial charge < -0.3 is 10.4 Å². The van der Waals surface area contributed by atoms with Gasteiger partial charge in [0.1, 0.15) is 5.75 Å². The molecule has 0 aromatic heterocycles. The Morgan fingerprint density at radius 1 is 1.33 bits per heavy atom. The Bertz CT molecular complexity index is 336. The van der Waals surface area contributed by atoms with Crippen LogP contribution in [0.15, 0.2) is 18.2 Å². The van der Waals surface area contributed by atoms with E-state index in [4.69, 9.17) is 5.11 Å². The minimum atomic E-state index is -4.16. The number of aromatic hydroxyl groups is 1. The summed E-state index contributed by atoms with van der Waals surface area (Å²) in [6.45, 7) is 1.57. The third-order valence-corrected chi connectivity index (χ3v) is 1.95. The Balaban J connectivity index is 2.54. The van der Waals surface area contributed by atoms with Crippen molar-refractivity contribution in [2.45, 2.75) is 19.5 Å². The number of benzene rings is 1. The zero-order valence-corrected chi connectivity index (χ0v) is 8.23. The summed E-state index contributed by atoms with van der Waals surface area (Å²) in [4.78, 5) is 0. The van der Waals surface area contributed by atoms with E-state index in [9.17, 15) is 13.2 Å². The van der Waals surface area contributed by atoms with Crippen molar-refractivity contribution >= 4 is 5.69 Å². The predicted octanol–water partition coefficient (Wildman–Crippen LogP) is 3.06. The van der Waals surface area contributed by atoms with Gasteiger partial charge >= 0.3 is 6.18 Å². The quantitative estimate of drug-likeness (QED) is 0.818. The molecule has 0 aliphatic carbocycles. The molecule has 0 bridgehead atoms. The van der Waals surface area contributed by atoms with E-state index in [1.165, 1.54) is 12.1 Å². The van der Waals surface area contributed by atoms with Crippen molar-refractivity contribution in [2.75, 3.05) is 11.9 Å². The van der Waals surface area contributed by atoms with Crippen LogP contribution in [0.3, 0.4) is 0 Å². The molecule has 2 nitrogen and oxygen atoms in total. The Labute approximate surface area is 85.7 Å². The summed E-state index contributed by atoms with van der Waals surface area (Å²) in [7, 11) is 0. The van der Waals surface area contributed by atoms with Crippen LogP contribution in [-0.2, 0) is 0 Å². The molecule has 0 saturated carbocycles. The minimum Gasteiger partial charge on any atom is -0.508 e. The monoisotopic (exact) mass is 219 g/mol. The Morgan fingerprint density at radius 3 is 2.60 bits per heavy atom. The molecular formula is C10H12F3NO. The molecule has 2 N–H and O–H groups in total. The van der Waals surface area contributed by atoms with Crippen LogP contribution in [-0.4, -0.2) is 17.8 Å². The lowest BCUT2D eigenvalue weighted by Gasteiger charge is -2.11. The van der Waals surface area contributed by atoms with E-state index in [2.05, 4.69) is 5.32 Å². The van der Waals surface area contributed by atoms with Gasteiger partial charge in [-0.1, -0.05) is 6.07 Å². The van der Waals surface area contributed by atoms with Gasteiger partial charge in [-0.3, -0.25) is 0 Å². The van der Waals surface area contributed by atoms with Crippen LogP contribution in [0.4, 0.5) is 18.9 Å². The maximum atomic E-state index is 11.8. The second kappa shape index (κ2) is 4.42. The van der Waals surface area contributed by atoms with Crippen molar-refractivity contribution < 1.29 is 18.3 Å². The molecule has 0 aliphatic heterocycles. The first-order valence-electron chi connectivity index (χ1n) is 4.49. The third-order valence-electron chi connectivity index (χ3n) is 1.95. The van der Waals surface area contributed by atoms with E-state index < -0.39 is 12.6 Å². The molecule has 0 fully saturated rings. The van der Waals surface area contributed by atoms with Crippen LogP contribution in [0, 0.1) is 6.92 Å². The number of hydrogen-bond donors (Lipinski definition) is 2. The number of hydrogen-bond acceptors (Lipinski definition) is 2. The topological polar surface area (TPSA) is 32.3 Å². The van der Waals surface area contributed by atoms with Crippen molar-refractivity contribution in [3.8, 4) is 5.75 Å². The second-order valence-corrected chi connectivity index (χ2v) is 3.29. The van der Waals surface area contributed by atoms with Gasteiger partial charge in [0, 0.05) is 18.3 Å². The summed E-state index contributed by atoms with van der Waals surface area (Å²) in [6, 6.07) is 4.54. The molecule has 15 heavy (non-hydrogen) atoms. The van der Waals surface area contributed by atoms with Crippen molar-refractivity contribution in [3.63, 3.8) is 0 Å². The molecule has 0 heterocycles. The zero-order valence-electron chi connectivity index (χ0n) is 8.23. The molecule has 0 radical (unpaired) electrons. The average molecular weight is 219 g/mol. The Kier molecular flexibility index (Phi) is 3.44. The first-order chi connectivity index (χ1) is 6.88. The van der Waals surface area contributed by atoms with Crippen LogP contribution in [0.2, 0.25) is 0 Å². The third kappa shape index (κ3) is 4.10. The molecule has 0 atom stereocenters. The number of nitrogens with one attached hydrogen (secondary N) is 1. The van der Waals surface area contributed by atoms with Gasteiger partial charge in [-0.2, -0.15) is 13.2 Å². The van der Waals surface area contributed by atoms with E-state index >= 15 is 0 Å². The van der Waals surface area contributed by atoms with Gasteiger partial charge in [-0.05, 0) is 18.6 Å². The van der Waals surface area contributed by atoms with Crippen molar-refractivity contribution in [1.82, 2.24) is 0 Å². The number of halogens is 3. The highest BCUT2D eigenvalue weighted by atomic mass is 19.4. The summed E-state index contributed by atoms with van der Waals surface area (Å²) < 4.78 is 35.5. The summed E-state index contributed by atoms with van der Waals surface area (Å²) >= 11 is 0. The van der Waals surface area contributed by atoms with Gasteiger partial charge in [0.2, 0.25) is 0 Å². The number of aryl methyl sites for hydroxylation is 1. The van der Waals surface area contributed by atoms with E-state index in [-0.39, 0.29) is 12.3 Å². The van der Waals surface area contributed by atoms with Crippen LogP contribution < -0.4 is 5.32 Å². The molecule has 1 aromatic carbocycles. The average Bonchev–Trinajstić information content (AvgIpc) is 2.09. The SMILES string of the molecule is Cc1ccc(O)cc1NCCC(F)(F)F. The molecule has 84 valence electrons. The number of rotatable bonds is 3. The zero-order chi connectivity index (χ0) is 11.5. The highest BCUT2D eigenvalue weighted by Gasteiger charge is 2.26. The first-order valence-corrected chi connectivity index (χ1v) is 4.49. The number of alkyl halides is 3. The summed E-state index contributed by atoms with van der Waals surface area (Å²) in [5.41, 5.74) is 1.33. The van der Waals surface area contributed by atoms with Crippen LogP contribution in [0.25, 0.3) is 0 Å². The fraction of sp³-hybridized carbons (Fsp3) is 0.400. The fourth-order valence-corrected chi connectivity index (χ4v) is 1.14. The lowest BCUT2D eigenvalue weighted by Crippen LogP contribution is -2.14. The van der Waals surface area contributed by atoms with Crippen molar-refractivity contribution in [2.24, 2.45) is 0 Å². The summed E-state index contributed by atoms with van der Waals surface area (Å²) in [5, 5.41) is 11.8. The standard InChI is InChI=1S/C10H12F3NO/c1-7-2-3-8(15)6-9(7)14-5-4-10(11,12)13/h2-3,6,14-15H,4-5H2,1H3. The lowest BCUT2D eigenvalue weighted by molar-refractivity contribution is -0.131. The summed E-state index contributed by atoms with van der Waals surface area (Å²) in [5.74, 6) is 0.0371. The molecule has 1 rings (SSSR count). The maximum absolute atomic E-state index is 11.8. The number of phenols is 1. The lowest BCUT2D eigenvalue weighted by atomic mass is 10.2.